The van der Waals surface area contributed by atoms with E-state index in [0.717, 1.165) is 30.2 Å². The number of fused-ring (bicyclic) bond motifs is 1. The number of carbonyl (C=O) groups excluding carboxylic acids is 2. The highest BCUT2D eigenvalue weighted by molar-refractivity contribution is 7.88. The maximum Gasteiger partial charge on any atom is 0.255 e. The van der Waals surface area contributed by atoms with Gasteiger partial charge in [0.1, 0.15) is 0 Å². The Balaban J connectivity index is 1.59. The zero-order valence-electron chi connectivity index (χ0n) is 25.6. The molecule has 3 aromatic carbocycles. The Morgan fingerprint density at radius 1 is 1.02 bits per heavy atom. The first kappa shape index (κ1) is 34.3. The van der Waals surface area contributed by atoms with E-state index in [9.17, 15) is 18.0 Å². The first-order valence-corrected chi connectivity index (χ1v) is 17.9. The molecule has 10 nitrogen and oxygen atoms in total. The van der Waals surface area contributed by atoms with Crippen LogP contribution in [-0.2, 0) is 14.8 Å². The lowest BCUT2D eigenvalue weighted by molar-refractivity contribution is -0.125. The Morgan fingerprint density at radius 3 is 2.37 bits per heavy atom. The van der Waals surface area contributed by atoms with E-state index in [1.165, 1.54) is 0 Å². The number of hydroxylamine groups is 1. The topological polar surface area (TPSA) is 154 Å². The minimum absolute atomic E-state index is 0.193. The van der Waals surface area contributed by atoms with E-state index in [1.54, 1.807) is 47.4 Å². The van der Waals surface area contributed by atoms with Gasteiger partial charge in [-0.05, 0) is 60.2 Å². The fourth-order valence-corrected chi connectivity index (χ4v) is 8.11. The van der Waals surface area contributed by atoms with Gasteiger partial charge in [0, 0.05) is 40.3 Å². The molecule has 246 valence electrons. The number of carbonyl (C=O) groups is 2. The van der Waals surface area contributed by atoms with Crippen molar-refractivity contribution in [2.45, 2.75) is 68.7 Å². The summed E-state index contributed by atoms with van der Waals surface area (Å²) in [7, 11) is -3.59. The van der Waals surface area contributed by atoms with Crippen LogP contribution in [0.1, 0.15) is 89.3 Å². The molecule has 6 atom stereocenters. The number of halogens is 2. The normalized spacial score (nSPS) is 23.0. The van der Waals surface area contributed by atoms with Crippen LogP contribution in [0, 0.1) is 0 Å². The standard InChI is InChI=1S/C33H39Cl2N5O5S/c1-19(20-11-13-21(14-12-20)27(36)18-37-43)38-32(41)30-23-7-3-4-8-24(23)33(42)40(31(30)25-16-15-22(34)17-26(25)35)29-10-6-5-9-28(29)39-46(2,44)45/h3-4,7-8,11-17,19,27-31,37,39,43H,5-6,9-10,18,36H2,1-2H3,(H,38,41)/t19?,27?,28-,29-,30+,31-/m0/s1. The largest absolute Gasteiger partial charge is 0.349 e. The van der Waals surface area contributed by atoms with Crippen LogP contribution in [-0.4, -0.2) is 55.2 Å². The minimum atomic E-state index is -3.59. The molecule has 1 heterocycles. The Labute approximate surface area is 279 Å². The molecule has 1 aliphatic heterocycles. The highest BCUT2D eigenvalue weighted by Gasteiger charge is 2.49. The predicted octanol–water partition coefficient (Wildman–Crippen LogP) is 4.99. The van der Waals surface area contributed by atoms with Crippen molar-refractivity contribution in [3.05, 3.63) is 105 Å². The fraction of sp³-hybridized carbons (Fsp3) is 0.394. The van der Waals surface area contributed by atoms with Crippen LogP contribution in [0.15, 0.2) is 66.7 Å². The van der Waals surface area contributed by atoms with Crippen molar-refractivity contribution in [3.8, 4) is 0 Å². The van der Waals surface area contributed by atoms with Crippen molar-refractivity contribution in [1.29, 1.82) is 0 Å². The maximum atomic E-state index is 14.5. The van der Waals surface area contributed by atoms with E-state index in [-0.39, 0.29) is 18.4 Å². The molecule has 5 rings (SSSR count). The first-order valence-electron chi connectivity index (χ1n) is 15.3. The molecule has 0 aromatic heterocycles. The second kappa shape index (κ2) is 14.4. The third kappa shape index (κ3) is 7.41. The van der Waals surface area contributed by atoms with Gasteiger partial charge in [0.15, 0.2) is 0 Å². The van der Waals surface area contributed by atoms with Crippen molar-refractivity contribution in [1.82, 2.24) is 20.4 Å². The summed E-state index contributed by atoms with van der Waals surface area (Å²) in [6.45, 7) is 2.06. The van der Waals surface area contributed by atoms with Crippen LogP contribution >= 0.6 is 23.2 Å². The number of sulfonamides is 1. The molecule has 0 spiro atoms. The van der Waals surface area contributed by atoms with Crippen LogP contribution in [0.4, 0.5) is 0 Å². The summed E-state index contributed by atoms with van der Waals surface area (Å²) in [5, 5.41) is 12.9. The third-order valence-electron chi connectivity index (χ3n) is 8.93. The summed E-state index contributed by atoms with van der Waals surface area (Å²) in [6.07, 6.45) is 3.80. The average molecular weight is 689 g/mol. The van der Waals surface area contributed by atoms with Gasteiger partial charge in [-0.25, -0.2) is 18.6 Å². The Hall–Kier alpha value is -3.03. The lowest BCUT2D eigenvalue weighted by Crippen LogP contribution is -2.59. The number of rotatable bonds is 10. The van der Waals surface area contributed by atoms with Gasteiger partial charge in [-0.1, -0.05) is 84.6 Å². The van der Waals surface area contributed by atoms with Gasteiger partial charge in [0.2, 0.25) is 15.9 Å². The number of hydrogen-bond acceptors (Lipinski definition) is 7. The second-order valence-corrected chi connectivity index (χ2v) is 14.7. The van der Waals surface area contributed by atoms with Crippen molar-refractivity contribution in [3.63, 3.8) is 0 Å². The van der Waals surface area contributed by atoms with Crippen LogP contribution in [0.25, 0.3) is 0 Å². The molecule has 2 amide bonds. The van der Waals surface area contributed by atoms with Gasteiger partial charge in [0.25, 0.3) is 5.91 Å². The molecule has 0 bridgehead atoms. The fourth-order valence-electron chi connectivity index (χ4n) is 6.76. The number of nitrogens with zero attached hydrogens (tertiary/aromatic N) is 1. The lowest BCUT2D eigenvalue weighted by atomic mass is 9.76. The van der Waals surface area contributed by atoms with E-state index in [1.807, 2.05) is 31.2 Å². The van der Waals surface area contributed by atoms with Gasteiger partial charge in [-0.2, -0.15) is 0 Å². The number of benzene rings is 3. The molecule has 0 radical (unpaired) electrons. The van der Waals surface area contributed by atoms with Gasteiger partial charge in [-0.15, -0.1) is 0 Å². The summed E-state index contributed by atoms with van der Waals surface area (Å²) in [6, 6.07) is 16.8. The van der Waals surface area contributed by atoms with Gasteiger partial charge in [0.05, 0.1) is 24.3 Å². The smallest absolute Gasteiger partial charge is 0.255 e. The van der Waals surface area contributed by atoms with Crippen LogP contribution < -0.4 is 21.3 Å². The molecule has 46 heavy (non-hydrogen) atoms. The highest BCUT2D eigenvalue weighted by Crippen LogP contribution is 2.48. The van der Waals surface area contributed by atoms with Crippen LogP contribution in [0.5, 0.6) is 0 Å². The molecule has 0 saturated heterocycles. The quantitative estimate of drug-likeness (QED) is 0.188. The van der Waals surface area contributed by atoms with Gasteiger partial charge < -0.3 is 21.2 Å². The molecule has 1 fully saturated rings. The SMILES string of the molecule is CC(NC(=O)[C@@H]1c2ccccc2C(=O)N([C@H]2CCCC[C@@H]2NS(C)(=O)=O)[C@H]1c1ccc(Cl)cc1Cl)c1ccc(C(N)CNO)cc1. The Bertz CT molecular complexity index is 1690. The summed E-state index contributed by atoms with van der Waals surface area (Å²) < 4.78 is 27.6. The van der Waals surface area contributed by atoms with Crippen molar-refractivity contribution in [2.75, 3.05) is 12.8 Å². The van der Waals surface area contributed by atoms with E-state index in [0.29, 0.717) is 39.6 Å². The Morgan fingerprint density at radius 2 is 1.70 bits per heavy atom. The molecule has 6 N–H and O–H groups in total. The number of nitrogens with one attached hydrogen (secondary N) is 3. The van der Waals surface area contributed by atoms with Crippen LogP contribution in [0.2, 0.25) is 10.0 Å². The molecule has 13 heteroatoms. The van der Waals surface area contributed by atoms with Gasteiger partial charge >= 0.3 is 0 Å². The predicted molar refractivity (Wildman–Crippen MR) is 178 cm³/mol. The zero-order chi connectivity index (χ0) is 33.2. The first-order chi connectivity index (χ1) is 21.9. The van der Waals surface area contributed by atoms with E-state index >= 15 is 0 Å². The summed E-state index contributed by atoms with van der Waals surface area (Å²) >= 11 is 13.1. The molecular formula is C33H39Cl2N5O5S. The Kier molecular flexibility index (Phi) is 10.7. The summed E-state index contributed by atoms with van der Waals surface area (Å²) in [4.78, 5) is 30.7. The molecule has 1 aliphatic carbocycles. The maximum absolute atomic E-state index is 14.5. The van der Waals surface area contributed by atoms with Gasteiger partial charge in [-0.3, -0.25) is 9.59 Å². The third-order valence-corrected chi connectivity index (χ3v) is 10.2. The van der Waals surface area contributed by atoms with E-state index < -0.39 is 46.2 Å². The second-order valence-electron chi connectivity index (χ2n) is 12.1. The summed E-state index contributed by atoms with van der Waals surface area (Å²) in [5.41, 5.74) is 11.3. The molecule has 2 unspecified atom stereocenters. The number of amides is 2. The molecule has 3 aromatic rings. The van der Waals surface area contributed by atoms with Crippen LogP contribution in [0.3, 0.4) is 0 Å². The molecule has 2 aliphatic rings. The van der Waals surface area contributed by atoms with Crippen molar-refractivity contribution >= 4 is 45.0 Å². The lowest BCUT2D eigenvalue weighted by Gasteiger charge is -2.49. The van der Waals surface area contributed by atoms with Crippen molar-refractivity contribution in [2.24, 2.45) is 5.73 Å². The van der Waals surface area contributed by atoms with E-state index in [4.69, 9.17) is 34.1 Å². The molecular weight excluding hydrogens is 649 g/mol. The van der Waals surface area contributed by atoms with Crippen molar-refractivity contribution < 1.29 is 23.2 Å². The number of hydrogen-bond donors (Lipinski definition) is 5. The average Bonchev–Trinajstić information content (AvgIpc) is 3.01. The minimum Gasteiger partial charge on any atom is -0.349 e. The highest BCUT2D eigenvalue weighted by atomic mass is 35.5. The summed E-state index contributed by atoms with van der Waals surface area (Å²) in [5.74, 6) is -1.48. The number of nitrogens with two attached hydrogens (primary N) is 1. The zero-order valence-corrected chi connectivity index (χ0v) is 27.9. The molecule has 1 saturated carbocycles. The monoisotopic (exact) mass is 687 g/mol. The van der Waals surface area contributed by atoms with E-state index in [2.05, 4.69) is 15.5 Å².